The summed E-state index contributed by atoms with van der Waals surface area (Å²) in [6, 6.07) is 7.89. The first kappa shape index (κ1) is 15.5. The smallest absolute Gasteiger partial charge is 0.303 e. The molecular formula is C16H19NO3S. The SMILES string of the molecule is O=C(O)CCCCCCNC(=O)c1csc2ccccc12. The molecule has 0 atom stereocenters. The average Bonchev–Trinajstić information content (AvgIpc) is 2.89. The molecule has 4 nitrogen and oxygen atoms in total. The summed E-state index contributed by atoms with van der Waals surface area (Å²) in [5, 5.41) is 14.4. The van der Waals surface area contributed by atoms with Gasteiger partial charge in [-0.25, -0.2) is 0 Å². The molecule has 2 aromatic rings. The number of amides is 1. The molecule has 1 heterocycles. The minimum absolute atomic E-state index is 0.0296. The zero-order valence-corrected chi connectivity index (χ0v) is 12.6. The number of carboxylic acid groups (broad SMARTS) is 1. The zero-order chi connectivity index (χ0) is 15.1. The van der Waals surface area contributed by atoms with Crippen LogP contribution in [0.15, 0.2) is 29.6 Å². The predicted octanol–water partition coefficient (Wildman–Crippen LogP) is 3.67. The topological polar surface area (TPSA) is 66.4 Å². The summed E-state index contributed by atoms with van der Waals surface area (Å²) >= 11 is 1.58. The van der Waals surface area contributed by atoms with Gasteiger partial charge in [-0.05, 0) is 18.9 Å². The number of carboxylic acids is 1. The lowest BCUT2D eigenvalue weighted by Gasteiger charge is -2.04. The molecule has 0 aliphatic carbocycles. The molecule has 0 bridgehead atoms. The Hall–Kier alpha value is -1.88. The Bertz CT molecular complexity index is 621. The van der Waals surface area contributed by atoms with Gasteiger partial charge in [-0.1, -0.05) is 31.0 Å². The van der Waals surface area contributed by atoms with Gasteiger partial charge in [0.1, 0.15) is 0 Å². The molecule has 2 N–H and O–H groups in total. The molecule has 0 aliphatic heterocycles. The van der Waals surface area contributed by atoms with Crippen molar-refractivity contribution in [1.82, 2.24) is 5.32 Å². The standard InChI is InChI=1S/C16H19NO3S/c18-15(19)9-3-1-2-6-10-17-16(20)13-11-21-14-8-5-4-7-12(13)14/h4-5,7-8,11H,1-3,6,9-10H2,(H,17,20)(H,18,19). The van der Waals surface area contributed by atoms with E-state index in [9.17, 15) is 9.59 Å². The Labute approximate surface area is 127 Å². The van der Waals surface area contributed by atoms with E-state index >= 15 is 0 Å². The highest BCUT2D eigenvalue weighted by atomic mass is 32.1. The number of unbranched alkanes of at least 4 members (excludes halogenated alkanes) is 3. The van der Waals surface area contributed by atoms with E-state index in [1.165, 1.54) is 0 Å². The van der Waals surface area contributed by atoms with Gasteiger partial charge in [0.2, 0.25) is 0 Å². The van der Waals surface area contributed by atoms with E-state index in [4.69, 9.17) is 5.11 Å². The second-order valence-electron chi connectivity index (χ2n) is 4.96. The zero-order valence-electron chi connectivity index (χ0n) is 11.8. The first-order chi connectivity index (χ1) is 10.2. The molecule has 0 fully saturated rings. The minimum atomic E-state index is -0.743. The van der Waals surface area contributed by atoms with E-state index in [1.807, 2.05) is 29.6 Å². The Morgan fingerprint density at radius 1 is 1.10 bits per heavy atom. The van der Waals surface area contributed by atoms with Crippen molar-refractivity contribution in [1.29, 1.82) is 0 Å². The number of aliphatic carboxylic acids is 1. The molecule has 0 saturated heterocycles. The van der Waals surface area contributed by atoms with E-state index in [0.717, 1.165) is 34.9 Å². The number of hydrogen-bond donors (Lipinski definition) is 2. The molecule has 1 aromatic carbocycles. The van der Waals surface area contributed by atoms with Crippen LogP contribution in [0, 0.1) is 0 Å². The molecule has 1 amide bonds. The monoisotopic (exact) mass is 305 g/mol. The van der Waals surface area contributed by atoms with E-state index < -0.39 is 5.97 Å². The second kappa shape index (κ2) is 7.78. The van der Waals surface area contributed by atoms with E-state index in [2.05, 4.69) is 5.32 Å². The van der Waals surface area contributed by atoms with Crippen molar-refractivity contribution < 1.29 is 14.7 Å². The summed E-state index contributed by atoms with van der Waals surface area (Å²) in [7, 11) is 0. The highest BCUT2D eigenvalue weighted by Crippen LogP contribution is 2.25. The van der Waals surface area contributed by atoms with Gasteiger partial charge < -0.3 is 10.4 Å². The van der Waals surface area contributed by atoms with E-state index in [0.29, 0.717) is 13.0 Å². The lowest BCUT2D eigenvalue weighted by molar-refractivity contribution is -0.137. The van der Waals surface area contributed by atoms with Gasteiger partial charge in [-0.3, -0.25) is 9.59 Å². The highest BCUT2D eigenvalue weighted by Gasteiger charge is 2.10. The maximum absolute atomic E-state index is 12.1. The average molecular weight is 305 g/mol. The van der Waals surface area contributed by atoms with Gasteiger partial charge in [0, 0.05) is 28.4 Å². The van der Waals surface area contributed by atoms with Crippen LogP contribution in [-0.2, 0) is 4.79 Å². The van der Waals surface area contributed by atoms with Gasteiger partial charge in [0.05, 0.1) is 5.56 Å². The summed E-state index contributed by atoms with van der Waals surface area (Å²) in [6.45, 7) is 0.635. The van der Waals surface area contributed by atoms with Gasteiger partial charge in [-0.2, -0.15) is 0 Å². The molecule has 1 aromatic heterocycles. The van der Waals surface area contributed by atoms with Crippen LogP contribution in [0.4, 0.5) is 0 Å². The number of benzene rings is 1. The van der Waals surface area contributed by atoms with Gasteiger partial charge >= 0.3 is 5.97 Å². The molecule has 112 valence electrons. The molecule has 0 radical (unpaired) electrons. The molecule has 0 spiro atoms. The Morgan fingerprint density at radius 3 is 2.67 bits per heavy atom. The van der Waals surface area contributed by atoms with Crippen molar-refractivity contribution in [2.45, 2.75) is 32.1 Å². The van der Waals surface area contributed by atoms with Crippen LogP contribution in [0.2, 0.25) is 0 Å². The summed E-state index contributed by atoms with van der Waals surface area (Å²) in [4.78, 5) is 22.5. The normalized spacial score (nSPS) is 10.7. The number of carbonyl (C=O) groups excluding carboxylic acids is 1. The third kappa shape index (κ3) is 4.56. The summed E-state index contributed by atoms with van der Waals surface area (Å²) in [5.74, 6) is -0.773. The van der Waals surface area contributed by atoms with E-state index in [-0.39, 0.29) is 12.3 Å². The number of fused-ring (bicyclic) bond motifs is 1. The van der Waals surface area contributed by atoms with Crippen molar-refractivity contribution in [2.24, 2.45) is 0 Å². The summed E-state index contributed by atoms with van der Waals surface area (Å²) in [5.41, 5.74) is 0.737. The third-order valence-corrected chi connectivity index (χ3v) is 4.29. The molecule has 2 rings (SSSR count). The summed E-state index contributed by atoms with van der Waals surface area (Å²) < 4.78 is 1.12. The quantitative estimate of drug-likeness (QED) is 0.731. The molecule has 5 heteroatoms. The second-order valence-corrected chi connectivity index (χ2v) is 5.87. The number of nitrogens with one attached hydrogen (secondary N) is 1. The first-order valence-electron chi connectivity index (χ1n) is 7.14. The Morgan fingerprint density at radius 2 is 1.86 bits per heavy atom. The van der Waals surface area contributed by atoms with Crippen LogP contribution in [0.5, 0.6) is 0 Å². The molecule has 0 aliphatic rings. The lowest BCUT2D eigenvalue weighted by atomic mass is 10.1. The van der Waals surface area contributed by atoms with Crippen LogP contribution < -0.4 is 5.32 Å². The fraction of sp³-hybridized carbons (Fsp3) is 0.375. The predicted molar refractivity (Wildman–Crippen MR) is 84.9 cm³/mol. The van der Waals surface area contributed by atoms with Crippen molar-refractivity contribution in [3.8, 4) is 0 Å². The maximum atomic E-state index is 12.1. The number of rotatable bonds is 8. The Balaban J connectivity index is 1.71. The van der Waals surface area contributed by atoms with E-state index in [1.54, 1.807) is 11.3 Å². The minimum Gasteiger partial charge on any atom is -0.481 e. The van der Waals surface area contributed by atoms with Crippen molar-refractivity contribution >= 4 is 33.3 Å². The van der Waals surface area contributed by atoms with Crippen molar-refractivity contribution in [3.05, 3.63) is 35.2 Å². The van der Waals surface area contributed by atoms with Crippen LogP contribution in [-0.4, -0.2) is 23.5 Å². The fourth-order valence-corrected chi connectivity index (χ4v) is 3.15. The van der Waals surface area contributed by atoms with Crippen molar-refractivity contribution in [3.63, 3.8) is 0 Å². The van der Waals surface area contributed by atoms with Gasteiger partial charge in [0.15, 0.2) is 0 Å². The van der Waals surface area contributed by atoms with Gasteiger partial charge in [-0.15, -0.1) is 11.3 Å². The van der Waals surface area contributed by atoms with Crippen LogP contribution in [0.3, 0.4) is 0 Å². The van der Waals surface area contributed by atoms with Crippen LogP contribution in [0.1, 0.15) is 42.5 Å². The lowest BCUT2D eigenvalue weighted by Crippen LogP contribution is -2.24. The van der Waals surface area contributed by atoms with Crippen LogP contribution in [0.25, 0.3) is 10.1 Å². The molecular weight excluding hydrogens is 286 g/mol. The summed E-state index contributed by atoms with van der Waals surface area (Å²) in [6.07, 6.45) is 3.65. The van der Waals surface area contributed by atoms with Crippen LogP contribution >= 0.6 is 11.3 Å². The molecule has 21 heavy (non-hydrogen) atoms. The van der Waals surface area contributed by atoms with Crippen molar-refractivity contribution in [2.75, 3.05) is 6.54 Å². The highest BCUT2D eigenvalue weighted by molar-refractivity contribution is 7.17. The largest absolute Gasteiger partial charge is 0.481 e. The van der Waals surface area contributed by atoms with Gasteiger partial charge in [0.25, 0.3) is 5.91 Å². The third-order valence-electron chi connectivity index (χ3n) is 3.33. The number of carbonyl (C=O) groups is 2. The molecule has 0 unspecified atom stereocenters. The number of thiophene rings is 1. The maximum Gasteiger partial charge on any atom is 0.303 e. The first-order valence-corrected chi connectivity index (χ1v) is 8.02. The fourth-order valence-electron chi connectivity index (χ4n) is 2.21. The molecule has 0 saturated carbocycles. The number of hydrogen-bond acceptors (Lipinski definition) is 3. The Kier molecular flexibility index (Phi) is 5.75.